The van der Waals surface area contributed by atoms with Crippen LogP contribution in [0.25, 0.3) is 0 Å². The van der Waals surface area contributed by atoms with E-state index in [9.17, 15) is 8.42 Å². The van der Waals surface area contributed by atoms with Crippen LogP contribution in [0.15, 0.2) is 0 Å². The molecule has 0 aliphatic rings. The first-order valence-electron chi connectivity index (χ1n) is 4.73. The number of thioether (sulfide) groups is 1. The van der Waals surface area contributed by atoms with Crippen molar-refractivity contribution < 1.29 is 8.42 Å². The molecular formula is C9H21NO2S2. The summed E-state index contributed by atoms with van der Waals surface area (Å²) in [5.41, 5.74) is 0. The minimum Gasteiger partial charge on any atom is -0.315 e. The van der Waals surface area contributed by atoms with Crippen LogP contribution >= 0.6 is 11.8 Å². The Morgan fingerprint density at radius 3 is 2.21 bits per heavy atom. The Labute approximate surface area is 92.0 Å². The minimum absolute atomic E-state index is 0.229. The summed E-state index contributed by atoms with van der Waals surface area (Å²) < 4.78 is 21.8. The molecule has 0 heterocycles. The van der Waals surface area contributed by atoms with E-state index < -0.39 is 9.84 Å². The van der Waals surface area contributed by atoms with E-state index in [4.69, 9.17) is 0 Å². The van der Waals surface area contributed by atoms with Crippen molar-refractivity contribution in [3.8, 4) is 0 Å². The van der Waals surface area contributed by atoms with E-state index in [1.807, 2.05) is 11.8 Å². The van der Waals surface area contributed by atoms with Crippen molar-refractivity contribution in [2.75, 3.05) is 30.9 Å². The number of rotatable bonds is 6. The van der Waals surface area contributed by atoms with E-state index in [2.05, 4.69) is 26.1 Å². The summed E-state index contributed by atoms with van der Waals surface area (Å²) in [6.07, 6.45) is 1.26. The molecule has 0 fully saturated rings. The summed E-state index contributed by atoms with van der Waals surface area (Å²) >= 11 is 1.88. The summed E-state index contributed by atoms with van der Waals surface area (Å²) in [5.74, 6) is 1.25. The summed E-state index contributed by atoms with van der Waals surface area (Å²) in [7, 11) is -2.81. The number of hydrogen-bond donors (Lipinski definition) is 1. The van der Waals surface area contributed by atoms with Crippen LogP contribution in [0.4, 0.5) is 0 Å². The molecule has 0 aliphatic heterocycles. The van der Waals surface area contributed by atoms with Gasteiger partial charge < -0.3 is 5.32 Å². The lowest BCUT2D eigenvalue weighted by atomic mass is 10.3. The first-order chi connectivity index (χ1) is 6.21. The van der Waals surface area contributed by atoms with Gasteiger partial charge in [-0.15, -0.1) is 0 Å². The summed E-state index contributed by atoms with van der Waals surface area (Å²) in [5, 5.41) is 3.11. The van der Waals surface area contributed by atoms with E-state index in [0.717, 1.165) is 12.3 Å². The van der Waals surface area contributed by atoms with Crippen molar-refractivity contribution in [3.63, 3.8) is 0 Å². The predicted molar refractivity (Wildman–Crippen MR) is 64.8 cm³/mol. The van der Waals surface area contributed by atoms with Crippen LogP contribution in [0.5, 0.6) is 0 Å². The minimum atomic E-state index is -2.81. The topological polar surface area (TPSA) is 46.2 Å². The second-order valence-electron chi connectivity index (χ2n) is 4.34. The first kappa shape index (κ1) is 14.3. The Kier molecular flexibility index (Phi) is 6.09. The van der Waals surface area contributed by atoms with Gasteiger partial charge >= 0.3 is 0 Å². The van der Waals surface area contributed by atoms with Crippen LogP contribution in [0.3, 0.4) is 0 Å². The fourth-order valence-corrected chi connectivity index (χ4v) is 2.19. The first-order valence-corrected chi connectivity index (χ1v) is 7.78. The molecule has 0 spiro atoms. The quantitative estimate of drug-likeness (QED) is 0.706. The van der Waals surface area contributed by atoms with Gasteiger partial charge in [0, 0.05) is 29.8 Å². The molecule has 0 aromatic rings. The summed E-state index contributed by atoms with van der Waals surface area (Å²) in [6.45, 7) is 7.96. The molecule has 0 amide bonds. The highest BCUT2D eigenvalue weighted by Gasteiger charge is 2.09. The van der Waals surface area contributed by atoms with Crippen molar-refractivity contribution in [1.29, 1.82) is 0 Å². The van der Waals surface area contributed by atoms with Gasteiger partial charge in [0.1, 0.15) is 9.84 Å². The van der Waals surface area contributed by atoms with Gasteiger partial charge in [-0.05, 0) is 0 Å². The maximum absolute atomic E-state index is 10.8. The molecule has 0 aromatic heterocycles. The number of hydrogen-bond acceptors (Lipinski definition) is 4. The Bertz CT molecular complexity index is 242. The fraction of sp³-hybridized carbons (Fsp3) is 1.00. The van der Waals surface area contributed by atoms with Crippen LogP contribution in [0, 0.1) is 0 Å². The zero-order valence-corrected chi connectivity index (χ0v) is 11.1. The molecule has 14 heavy (non-hydrogen) atoms. The molecule has 0 atom stereocenters. The van der Waals surface area contributed by atoms with E-state index in [-0.39, 0.29) is 5.75 Å². The Morgan fingerprint density at radius 1 is 1.21 bits per heavy atom. The molecule has 0 saturated heterocycles. The maximum Gasteiger partial charge on any atom is 0.148 e. The molecule has 3 nitrogen and oxygen atoms in total. The summed E-state index contributed by atoms with van der Waals surface area (Å²) in [6, 6.07) is 0. The highest BCUT2D eigenvalue weighted by Crippen LogP contribution is 2.21. The zero-order valence-electron chi connectivity index (χ0n) is 9.46. The summed E-state index contributed by atoms with van der Waals surface area (Å²) in [4.78, 5) is 0. The van der Waals surface area contributed by atoms with Crippen LogP contribution in [0.2, 0.25) is 0 Å². The van der Waals surface area contributed by atoms with Crippen molar-refractivity contribution in [2.45, 2.75) is 25.5 Å². The molecule has 0 aromatic carbocycles. The molecule has 86 valence electrons. The molecule has 0 unspecified atom stereocenters. The molecule has 0 saturated carbocycles. The largest absolute Gasteiger partial charge is 0.315 e. The Morgan fingerprint density at radius 2 is 1.79 bits per heavy atom. The van der Waals surface area contributed by atoms with Crippen LogP contribution < -0.4 is 5.32 Å². The van der Waals surface area contributed by atoms with E-state index in [0.29, 0.717) is 11.3 Å². The Balaban J connectivity index is 3.32. The molecule has 0 rings (SSSR count). The number of nitrogens with one attached hydrogen (secondary N) is 1. The van der Waals surface area contributed by atoms with Crippen LogP contribution in [0.1, 0.15) is 20.8 Å². The highest BCUT2D eigenvalue weighted by molar-refractivity contribution is 8.00. The van der Waals surface area contributed by atoms with Gasteiger partial charge in [-0.3, -0.25) is 0 Å². The van der Waals surface area contributed by atoms with Gasteiger partial charge in [0.05, 0.1) is 5.75 Å². The monoisotopic (exact) mass is 239 g/mol. The second-order valence-corrected chi connectivity index (χ2v) is 8.52. The fourth-order valence-electron chi connectivity index (χ4n) is 0.812. The van der Waals surface area contributed by atoms with Gasteiger partial charge in [0.15, 0.2) is 0 Å². The molecular weight excluding hydrogens is 218 g/mol. The SMILES string of the molecule is CC(C)(C)SCCNCCS(C)(=O)=O. The molecule has 5 heteroatoms. The van der Waals surface area contributed by atoms with Gasteiger partial charge in [-0.1, -0.05) is 20.8 Å². The average molecular weight is 239 g/mol. The maximum atomic E-state index is 10.8. The third-order valence-electron chi connectivity index (χ3n) is 1.46. The van der Waals surface area contributed by atoms with Crippen LogP contribution in [-0.2, 0) is 9.84 Å². The third kappa shape index (κ3) is 12.3. The molecule has 0 bridgehead atoms. The smallest absolute Gasteiger partial charge is 0.148 e. The normalized spacial score (nSPS) is 13.1. The molecule has 0 radical (unpaired) electrons. The lowest BCUT2D eigenvalue weighted by Gasteiger charge is -2.17. The van der Waals surface area contributed by atoms with Gasteiger partial charge in [-0.25, -0.2) is 8.42 Å². The van der Waals surface area contributed by atoms with Gasteiger partial charge in [0.2, 0.25) is 0 Å². The van der Waals surface area contributed by atoms with E-state index >= 15 is 0 Å². The predicted octanol–water partition coefficient (Wildman–Crippen LogP) is 1.15. The van der Waals surface area contributed by atoms with E-state index in [1.54, 1.807) is 0 Å². The van der Waals surface area contributed by atoms with Crippen molar-refractivity contribution in [3.05, 3.63) is 0 Å². The Hall–Kier alpha value is 0.260. The van der Waals surface area contributed by atoms with Crippen molar-refractivity contribution in [2.24, 2.45) is 0 Å². The van der Waals surface area contributed by atoms with Gasteiger partial charge in [-0.2, -0.15) is 11.8 Å². The van der Waals surface area contributed by atoms with Crippen LogP contribution in [-0.4, -0.2) is 44.0 Å². The lowest BCUT2D eigenvalue weighted by molar-refractivity contribution is 0.598. The van der Waals surface area contributed by atoms with Crippen molar-refractivity contribution in [1.82, 2.24) is 5.32 Å². The third-order valence-corrected chi connectivity index (χ3v) is 3.68. The van der Waals surface area contributed by atoms with E-state index in [1.165, 1.54) is 6.26 Å². The second kappa shape index (κ2) is 5.98. The zero-order chi connectivity index (χ0) is 11.2. The van der Waals surface area contributed by atoms with Gasteiger partial charge in [0.25, 0.3) is 0 Å². The highest BCUT2D eigenvalue weighted by atomic mass is 32.2. The molecule has 0 aliphatic carbocycles. The number of sulfone groups is 1. The molecule has 1 N–H and O–H groups in total. The standard InChI is InChI=1S/C9H21NO2S2/c1-9(2,3)13-7-5-10-6-8-14(4,11)12/h10H,5-8H2,1-4H3. The van der Waals surface area contributed by atoms with Crippen molar-refractivity contribution >= 4 is 21.6 Å². The lowest BCUT2D eigenvalue weighted by Crippen LogP contribution is -2.25. The average Bonchev–Trinajstić information content (AvgIpc) is 1.92.